The summed E-state index contributed by atoms with van der Waals surface area (Å²) in [7, 11) is 1.54. The maximum absolute atomic E-state index is 12.3. The van der Waals surface area contributed by atoms with Crippen molar-refractivity contribution in [1.29, 1.82) is 0 Å². The van der Waals surface area contributed by atoms with Gasteiger partial charge in [0.25, 0.3) is 5.91 Å². The Morgan fingerprint density at radius 3 is 2.57 bits per heavy atom. The van der Waals surface area contributed by atoms with Crippen LogP contribution in [0.5, 0.6) is 0 Å². The third kappa shape index (κ3) is 4.82. The van der Waals surface area contributed by atoms with Crippen molar-refractivity contribution in [2.24, 2.45) is 5.10 Å². The molecule has 144 valence electrons. The van der Waals surface area contributed by atoms with Gasteiger partial charge in [0.2, 0.25) is 11.8 Å². The fourth-order valence-electron chi connectivity index (χ4n) is 2.93. The SMILES string of the molecule is CNC(=O)c1cccc(NC(=O)CCC(=O)N2CCC(c3ccccc3)=N2)c1. The van der Waals surface area contributed by atoms with Gasteiger partial charge in [-0.15, -0.1) is 0 Å². The monoisotopic (exact) mass is 378 g/mol. The van der Waals surface area contributed by atoms with E-state index in [2.05, 4.69) is 15.7 Å². The van der Waals surface area contributed by atoms with Gasteiger partial charge in [-0.3, -0.25) is 14.4 Å². The van der Waals surface area contributed by atoms with Crippen LogP contribution in [0.25, 0.3) is 0 Å². The number of nitrogens with one attached hydrogen (secondary N) is 2. The number of amides is 3. The Bertz CT molecular complexity index is 909. The number of hydrogen-bond acceptors (Lipinski definition) is 4. The van der Waals surface area contributed by atoms with Gasteiger partial charge in [-0.25, -0.2) is 5.01 Å². The lowest BCUT2D eigenvalue weighted by molar-refractivity contribution is -0.132. The third-order valence-electron chi connectivity index (χ3n) is 4.40. The molecule has 28 heavy (non-hydrogen) atoms. The normalized spacial score (nSPS) is 13.0. The lowest BCUT2D eigenvalue weighted by Crippen LogP contribution is -2.25. The molecule has 0 fully saturated rings. The van der Waals surface area contributed by atoms with Gasteiger partial charge in [0.15, 0.2) is 0 Å². The maximum Gasteiger partial charge on any atom is 0.251 e. The first-order valence-electron chi connectivity index (χ1n) is 9.12. The quantitative estimate of drug-likeness (QED) is 0.809. The summed E-state index contributed by atoms with van der Waals surface area (Å²) in [6.07, 6.45) is 0.830. The zero-order chi connectivity index (χ0) is 19.9. The van der Waals surface area contributed by atoms with Crippen LogP contribution in [0.1, 0.15) is 35.2 Å². The molecule has 0 bridgehead atoms. The molecule has 7 heteroatoms. The van der Waals surface area contributed by atoms with Crippen molar-refractivity contribution in [2.45, 2.75) is 19.3 Å². The topological polar surface area (TPSA) is 90.9 Å². The van der Waals surface area contributed by atoms with Crippen LogP contribution in [0.4, 0.5) is 5.69 Å². The number of anilines is 1. The van der Waals surface area contributed by atoms with Crippen molar-refractivity contribution in [1.82, 2.24) is 10.3 Å². The molecule has 3 amide bonds. The van der Waals surface area contributed by atoms with Crippen molar-refractivity contribution in [3.63, 3.8) is 0 Å². The number of carbonyl (C=O) groups is 3. The zero-order valence-electron chi connectivity index (χ0n) is 15.6. The molecule has 0 spiro atoms. The Kier molecular flexibility index (Phi) is 6.16. The fraction of sp³-hybridized carbons (Fsp3) is 0.238. The van der Waals surface area contributed by atoms with E-state index in [4.69, 9.17) is 0 Å². The second kappa shape index (κ2) is 8.94. The molecular weight excluding hydrogens is 356 g/mol. The minimum absolute atomic E-state index is 0.0513. The van der Waals surface area contributed by atoms with Gasteiger partial charge in [0.05, 0.1) is 12.3 Å². The summed E-state index contributed by atoms with van der Waals surface area (Å²) in [6, 6.07) is 16.4. The second-order valence-corrected chi connectivity index (χ2v) is 6.39. The van der Waals surface area contributed by atoms with Crippen molar-refractivity contribution in [3.8, 4) is 0 Å². The maximum atomic E-state index is 12.3. The number of hydrazone groups is 1. The van der Waals surface area contributed by atoms with Crippen LogP contribution in [0.3, 0.4) is 0 Å². The lowest BCUT2D eigenvalue weighted by atomic mass is 10.1. The molecule has 2 aromatic rings. The molecule has 0 aromatic heterocycles. The Hall–Kier alpha value is -3.48. The van der Waals surface area contributed by atoms with Gasteiger partial charge in [-0.1, -0.05) is 36.4 Å². The van der Waals surface area contributed by atoms with Crippen molar-refractivity contribution in [3.05, 3.63) is 65.7 Å². The number of rotatable bonds is 6. The van der Waals surface area contributed by atoms with Crippen LogP contribution in [-0.2, 0) is 9.59 Å². The number of nitrogens with zero attached hydrogens (tertiary/aromatic N) is 2. The molecule has 0 unspecified atom stereocenters. The highest BCUT2D eigenvalue weighted by Gasteiger charge is 2.22. The average Bonchev–Trinajstić information content (AvgIpc) is 3.22. The molecule has 0 saturated heterocycles. The van der Waals surface area contributed by atoms with E-state index in [9.17, 15) is 14.4 Å². The highest BCUT2D eigenvalue weighted by Crippen LogP contribution is 2.16. The zero-order valence-corrected chi connectivity index (χ0v) is 15.6. The van der Waals surface area contributed by atoms with E-state index in [1.54, 1.807) is 31.3 Å². The highest BCUT2D eigenvalue weighted by atomic mass is 16.2. The van der Waals surface area contributed by atoms with Gasteiger partial charge in [0, 0.05) is 37.6 Å². The van der Waals surface area contributed by atoms with Gasteiger partial charge in [-0.05, 0) is 23.8 Å². The van der Waals surface area contributed by atoms with E-state index < -0.39 is 0 Å². The highest BCUT2D eigenvalue weighted by molar-refractivity contribution is 6.03. The Morgan fingerprint density at radius 2 is 1.82 bits per heavy atom. The average molecular weight is 378 g/mol. The lowest BCUT2D eigenvalue weighted by Gasteiger charge is -2.11. The Balaban J connectivity index is 1.52. The summed E-state index contributed by atoms with van der Waals surface area (Å²) in [5, 5.41) is 11.1. The van der Waals surface area contributed by atoms with Crippen LogP contribution in [0.2, 0.25) is 0 Å². The molecule has 0 atom stereocenters. The number of benzene rings is 2. The van der Waals surface area contributed by atoms with E-state index in [1.807, 2.05) is 30.3 Å². The summed E-state index contributed by atoms with van der Waals surface area (Å²) in [6.45, 7) is 0.527. The van der Waals surface area contributed by atoms with E-state index in [-0.39, 0.29) is 30.6 Å². The van der Waals surface area contributed by atoms with E-state index in [1.165, 1.54) is 5.01 Å². The molecule has 0 aliphatic carbocycles. The molecule has 2 aromatic carbocycles. The van der Waals surface area contributed by atoms with Gasteiger partial charge >= 0.3 is 0 Å². The molecule has 2 N–H and O–H groups in total. The Labute approximate surface area is 163 Å². The first-order chi connectivity index (χ1) is 13.6. The largest absolute Gasteiger partial charge is 0.355 e. The fourth-order valence-corrected chi connectivity index (χ4v) is 2.93. The predicted octanol–water partition coefficient (Wildman–Crippen LogP) is 2.40. The van der Waals surface area contributed by atoms with Gasteiger partial charge in [0.1, 0.15) is 0 Å². The molecule has 7 nitrogen and oxygen atoms in total. The van der Waals surface area contributed by atoms with E-state index in [0.717, 1.165) is 11.3 Å². The smallest absolute Gasteiger partial charge is 0.251 e. The van der Waals surface area contributed by atoms with E-state index >= 15 is 0 Å². The summed E-state index contributed by atoms with van der Waals surface area (Å²) in [4.78, 5) is 36.2. The minimum Gasteiger partial charge on any atom is -0.355 e. The summed E-state index contributed by atoms with van der Waals surface area (Å²) in [5.74, 6) is -0.693. The first kappa shape index (κ1) is 19.3. The molecule has 0 radical (unpaired) electrons. The third-order valence-corrected chi connectivity index (χ3v) is 4.40. The first-order valence-corrected chi connectivity index (χ1v) is 9.12. The van der Waals surface area contributed by atoms with E-state index in [0.29, 0.717) is 24.2 Å². The standard InChI is InChI=1S/C21H22N4O3/c1-22-21(28)16-8-5-9-17(14-16)23-19(26)10-11-20(27)25-13-12-18(24-25)15-6-3-2-4-7-15/h2-9,14H,10-13H2,1H3,(H,22,28)(H,23,26). The summed E-state index contributed by atoms with van der Waals surface area (Å²) in [5.41, 5.74) is 2.86. The van der Waals surface area contributed by atoms with Crippen LogP contribution in [-0.4, -0.2) is 42.0 Å². The van der Waals surface area contributed by atoms with Crippen LogP contribution in [0, 0.1) is 0 Å². The molecule has 3 rings (SSSR count). The second-order valence-electron chi connectivity index (χ2n) is 6.39. The minimum atomic E-state index is -0.283. The summed E-state index contributed by atoms with van der Waals surface area (Å²) < 4.78 is 0. The number of hydrogen-bond donors (Lipinski definition) is 2. The van der Waals surface area contributed by atoms with Crippen molar-refractivity contribution >= 4 is 29.1 Å². The number of carbonyl (C=O) groups excluding carboxylic acids is 3. The van der Waals surface area contributed by atoms with Crippen molar-refractivity contribution < 1.29 is 14.4 Å². The Morgan fingerprint density at radius 1 is 1.04 bits per heavy atom. The van der Waals surface area contributed by atoms with Crippen molar-refractivity contribution in [2.75, 3.05) is 18.9 Å². The van der Waals surface area contributed by atoms with Gasteiger partial charge in [-0.2, -0.15) is 5.10 Å². The molecule has 1 heterocycles. The summed E-state index contributed by atoms with van der Waals surface area (Å²) >= 11 is 0. The van der Waals surface area contributed by atoms with Crippen LogP contribution in [0.15, 0.2) is 59.7 Å². The van der Waals surface area contributed by atoms with Crippen LogP contribution >= 0.6 is 0 Å². The predicted molar refractivity (Wildman–Crippen MR) is 107 cm³/mol. The molecule has 1 aliphatic heterocycles. The molecular formula is C21H22N4O3. The molecule has 0 saturated carbocycles. The van der Waals surface area contributed by atoms with Crippen LogP contribution < -0.4 is 10.6 Å². The van der Waals surface area contributed by atoms with Gasteiger partial charge < -0.3 is 10.6 Å². The molecule has 1 aliphatic rings.